The number of amides is 2. The van der Waals surface area contributed by atoms with Crippen LogP contribution in [0.15, 0.2) is 18.2 Å². The van der Waals surface area contributed by atoms with Gasteiger partial charge in [0.25, 0.3) is 0 Å². The summed E-state index contributed by atoms with van der Waals surface area (Å²) in [5.41, 5.74) is 1.05. The van der Waals surface area contributed by atoms with Crippen LogP contribution in [0.2, 0.25) is 0 Å². The number of urea groups is 1. The normalized spacial score (nSPS) is 27.7. The van der Waals surface area contributed by atoms with Gasteiger partial charge in [0.1, 0.15) is 5.82 Å². The fourth-order valence-corrected chi connectivity index (χ4v) is 4.20. The molecule has 1 aromatic carbocycles. The summed E-state index contributed by atoms with van der Waals surface area (Å²) in [5, 5.41) is 2.89. The quantitative estimate of drug-likeness (QED) is 0.835. The molecule has 3 aliphatic rings. The summed E-state index contributed by atoms with van der Waals surface area (Å²) < 4.78 is 25.9. The average molecular weight is 391 g/mol. The molecule has 0 spiro atoms. The first-order valence-electron chi connectivity index (χ1n) is 10.3. The lowest BCUT2D eigenvalue weighted by molar-refractivity contribution is -0.00539. The third-order valence-corrected chi connectivity index (χ3v) is 5.69. The van der Waals surface area contributed by atoms with Crippen molar-refractivity contribution in [1.29, 1.82) is 0 Å². The maximum atomic E-state index is 14.8. The van der Waals surface area contributed by atoms with Crippen molar-refractivity contribution in [3.8, 4) is 0 Å². The molecule has 2 saturated heterocycles. The lowest BCUT2D eigenvalue weighted by atomic mass is 10.1. The lowest BCUT2D eigenvalue weighted by Crippen LogP contribution is -2.45. The number of halogens is 1. The zero-order chi connectivity index (χ0) is 19.7. The Morgan fingerprint density at radius 2 is 2.00 bits per heavy atom. The van der Waals surface area contributed by atoms with Gasteiger partial charge < -0.3 is 24.6 Å². The van der Waals surface area contributed by atoms with Gasteiger partial charge in [-0.25, -0.2) is 9.18 Å². The number of hydrogen-bond acceptors (Lipinski definition) is 4. The molecule has 0 radical (unpaired) electrons. The molecule has 0 unspecified atom stereocenters. The lowest BCUT2D eigenvalue weighted by Gasteiger charge is -2.37. The first-order chi connectivity index (χ1) is 13.5. The van der Waals surface area contributed by atoms with Crippen LogP contribution in [0.25, 0.3) is 0 Å². The first-order valence-corrected chi connectivity index (χ1v) is 10.3. The van der Waals surface area contributed by atoms with Gasteiger partial charge in [0.15, 0.2) is 0 Å². The van der Waals surface area contributed by atoms with E-state index in [1.54, 1.807) is 12.1 Å². The summed E-state index contributed by atoms with van der Waals surface area (Å²) in [6, 6.07) is 5.12. The zero-order valence-corrected chi connectivity index (χ0v) is 16.7. The van der Waals surface area contributed by atoms with Crippen molar-refractivity contribution in [2.45, 2.75) is 51.4 Å². The molecule has 0 bridgehead atoms. The molecule has 28 heavy (non-hydrogen) atoms. The van der Waals surface area contributed by atoms with E-state index >= 15 is 0 Å². The number of nitrogens with zero attached hydrogens (tertiary/aromatic N) is 2. The van der Waals surface area contributed by atoms with Crippen molar-refractivity contribution in [3.63, 3.8) is 0 Å². The maximum Gasteiger partial charge on any atom is 0.322 e. The van der Waals surface area contributed by atoms with E-state index in [1.165, 1.54) is 6.07 Å². The van der Waals surface area contributed by atoms with Gasteiger partial charge >= 0.3 is 6.03 Å². The van der Waals surface area contributed by atoms with Crippen molar-refractivity contribution < 1.29 is 18.7 Å². The van der Waals surface area contributed by atoms with E-state index in [9.17, 15) is 9.18 Å². The van der Waals surface area contributed by atoms with E-state index in [1.807, 2.05) is 23.6 Å². The predicted molar refractivity (Wildman–Crippen MR) is 106 cm³/mol. The average Bonchev–Trinajstić information content (AvgIpc) is 3.34. The van der Waals surface area contributed by atoms with E-state index in [0.717, 1.165) is 32.5 Å². The monoisotopic (exact) mass is 391 g/mol. The fraction of sp³-hybridized carbons (Fsp3) is 0.667. The second kappa shape index (κ2) is 8.25. The standard InChI is InChI=1S/C21H30FN3O3/c1-14-10-24(11-15(2)28-14)20-6-3-17(9-19(20)22)23-21(26)25(18-4-5-18)12-16-7-8-27-13-16/h3,6,9,14-16,18H,4-5,7-8,10-13H2,1-2H3,(H,23,26)/t14-,15-,16+/m1/s1. The van der Waals surface area contributed by atoms with E-state index in [4.69, 9.17) is 9.47 Å². The van der Waals surface area contributed by atoms with Crippen LogP contribution in [0, 0.1) is 11.7 Å². The molecule has 154 valence electrons. The predicted octanol–water partition coefficient (Wildman–Crippen LogP) is 3.47. The SMILES string of the molecule is C[C@@H]1CN(c2ccc(NC(=O)N(C[C@@H]3CCOC3)C3CC3)cc2F)C[C@@H](C)O1. The molecule has 1 saturated carbocycles. The Balaban J connectivity index is 1.41. The van der Waals surface area contributed by atoms with Gasteiger partial charge in [-0.3, -0.25) is 0 Å². The number of rotatable bonds is 5. The Kier molecular flexibility index (Phi) is 5.73. The van der Waals surface area contributed by atoms with E-state index in [0.29, 0.717) is 43.0 Å². The summed E-state index contributed by atoms with van der Waals surface area (Å²) in [6.45, 7) is 7.51. The number of carbonyl (C=O) groups excluding carboxylic acids is 1. The van der Waals surface area contributed by atoms with Crippen LogP contribution in [0.1, 0.15) is 33.1 Å². The minimum absolute atomic E-state index is 0.0641. The minimum Gasteiger partial charge on any atom is -0.381 e. The molecule has 1 aromatic rings. The smallest absolute Gasteiger partial charge is 0.322 e. The second-order valence-corrected chi connectivity index (χ2v) is 8.37. The molecule has 3 atom stereocenters. The molecular weight excluding hydrogens is 361 g/mol. The van der Waals surface area contributed by atoms with Crippen molar-refractivity contribution in [1.82, 2.24) is 4.90 Å². The van der Waals surface area contributed by atoms with E-state index in [2.05, 4.69) is 5.32 Å². The topological polar surface area (TPSA) is 54.0 Å². The Morgan fingerprint density at radius 1 is 1.25 bits per heavy atom. The third-order valence-electron chi connectivity index (χ3n) is 5.69. The van der Waals surface area contributed by atoms with Gasteiger partial charge in [-0.05, 0) is 51.3 Å². The van der Waals surface area contributed by atoms with E-state index < -0.39 is 0 Å². The Labute approximate surface area is 166 Å². The summed E-state index contributed by atoms with van der Waals surface area (Å²) >= 11 is 0. The number of nitrogens with one attached hydrogen (secondary N) is 1. The number of morpholine rings is 1. The molecule has 4 rings (SSSR count). The number of ether oxygens (including phenoxy) is 2. The van der Waals surface area contributed by atoms with Crippen LogP contribution >= 0.6 is 0 Å². The fourth-order valence-electron chi connectivity index (χ4n) is 4.20. The van der Waals surface area contributed by atoms with Gasteiger partial charge in [0, 0.05) is 43.9 Å². The van der Waals surface area contributed by atoms with Crippen molar-refractivity contribution in [2.24, 2.45) is 5.92 Å². The molecule has 0 aromatic heterocycles. The molecular formula is C21H30FN3O3. The highest BCUT2D eigenvalue weighted by atomic mass is 19.1. The molecule has 7 heteroatoms. The number of hydrogen-bond donors (Lipinski definition) is 1. The molecule has 6 nitrogen and oxygen atoms in total. The Hall–Kier alpha value is -1.86. The Bertz CT molecular complexity index is 696. The largest absolute Gasteiger partial charge is 0.381 e. The maximum absolute atomic E-state index is 14.8. The van der Waals surface area contributed by atoms with Crippen LogP contribution in [0.5, 0.6) is 0 Å². The first kappa shape index (κ1) is 19.5. The zero-order valence-electron chi connectivity index (χ0n) is 16.7. The van der Waals surface area contributed by atoms with Gasteiger partial charge in [-0.2, -0.15) is 0 Å². The van der Waals surface area contributed by atoms with E-state index in [-0.39, 0.29) is 24.1 Å². The van der Waals surface area contributed by atoms with Crippen LogP contribution in [0.3, 0.4) is 0 Å². The molecule has 3 fully saturated rings. The van der Waals surface area contributed by atoms with Crippen LogP contribution in [-0.2, 0) is 9.47 Å². The summed E-state index contributed by atoms with van der Waals surface area (Å²) in [5.74, 6) is 0.0806. The summed E-state index contributed by atoms with van der Waals surface area (Å²) in [7, 11) is 0. The van der Waals surface area contributed by atoms with Gasteiger partial charge in [0.05, 0.1) is 24.5 Å². The highest BCUT2D eigenvalue weighted by molar-refractivity contribution is 5.90. The van der Waals surface area contributed by atoms with Crippen molar-refractivity contribution >= 4 is 17.4 Å². The summed E-state index contributed by atoms with van der Waals surface area (Å²) in [6.07, 6.45) is 3.21. The summed E-state index contributed by atoms with van der Waals surface area (Å²) in [4.78, 5) is 16.7. The number of benzene rings is 1. The molecule has 2 amide bonds. The Morgan fingerprint density at radius 3 is 2.61 bits per heavy atom. The molecule has 2 aliphatic heterocycles. The van der Waals surface area contributed by atoms with Crippen LogP contribution < -0.4 is 10.2 Å². The van der Waals surface area contributed by atoms with Gasteiger partial charge in [-0.1, -0.05) is 0 Å². The third kappa shape index (κ3) is 4.58. The number of carbonyl (C=O) groups is 1. The second-order valence-electron chi connectivity index (χ2n) is 8.37. The van der Waals surface area contributed by atoms with Gasteiger partial charge in [0.2, 0.25) is 0 Å². The number of anilines is 2. The highest BCUT2D eigenvalue weighted by Crippen LogP contribution is 2.30. The highest BCUT2D eigenvalue weighted by Gasteiger charge is 2.35. The van der Waals surface area contributed by atoms with Crippen molar-refractivity contribution in [2.75, 3.05) is 43.1 Å². The van der Waals surface area contributed by atoms with Crippen LogP contribution in [-0.4, -0.2) is 62.0 Å². The minimum atomic E-state index is -0.318. The molecule has 2 heterocycles. The van der Waals surface area contributed by atoms with Crippen molar-refractivity contribution in [3.05, 3.63) is 24.0 Å². The van der Waals surface area contributed by atoms with Gasteiger partial charge in [-0.15, -0.1) is 0 Å². The molecule has 1 N–H and O–H groups in total. The molecule has 1 aliphatic carbocycles. The van der Waals surface area contributed by atoms with Crippen LogP contribution in [0.4, 0.5) is 20.6 Å².